The third-order valence-corrected chi connectivity index (χ3v) is 3.94. The molecule has 0 aromatic carbocycles. The molecular weight excluding hydrogens is 234 g/mol. The lowest BCUT2D eigenvalue weighted by Crippen LogP contribution is -2.35. The van der Waals surface area contributed by atoms with Crippen molar-refractivity contribution in [3.63, 3.8) is 0 Å². The molecule has 1 aliphatic rings. The van der Waals surface area contributed by atoms with Gasteiger partial charge in [0, 0.05) is 19.3 Å². The van der Waals surface area contributed by atoms with Crippen molar-refractivity contribution in [2.75, 3.05) is 19.8 Å². The highest BCUT2D eigenvalue weighted by molar-refractivity contribution is 4.78. The Morgan fingerprint density at radius 2 is 1.89 bits per heavy atom. The van der Waals surface area contributed by atoms with Gasteiger partial charge >= 0.3 is 0 Å². The van der Waals surface area contributed by atoms with E-state index >= 15 is 0 Å². The number of ether oxygens (including phenoxy) is 1. The second kappa shape index (κ2) is 9.77. The lowest BCUT2D eigenvalue weighted by molar-refractivity contribution is 0.106. The van der Waals surface area contributed by atoms with Gasteiger partial charge in [-0.1, -0.05) is 40.5 Å². The van der Waals surface area contributed by atoms with Crippen molar-refractivity contribution in [2.45, 2.75) is 72.3 Å². The summed E-state index contributed by atoms with van der Waals surface area (Å²) in [5, 5.41) is 3.73. The maximum atomic E-state index is 5.62. The fourth-order valence-electron chi connectivity index (χ4n) is 3.16. The molecule has 1 aliphatic carbocycles. The first-order valence-corrected chi connectivity index (χ1v) is 8.39. The summed E-state index contributed by atoms with van der Waals surface area (Å²) < 4.78 is 5.62. The normalized spacial score (nSPS) is 24.3. The van der Waals surface area contributed by atoms with Gasteiger partial charge in [0.15, 0.2) is 0 Å². The summed E-state index contributed by atoms with van der Waals surface area (Å²) in [6.07, 6.45) is 8.20. The van der Waals surface area contributed by atoms with Crippen LogP contribution in [0.3, 0.4) is 0 Å². The molecule has 0 bridgehead atoms. The minimum Gasteiger partial charge on any atom is -0.381 e. The molecular formula is C17H35NO. The summed E-state index contributed by atoms with van der Waals surface area (Å²) in [6, 6.07) is 0.766. The highest BCUT2D eigenvalue weighted by atomic mass is 16.5. The van der Waals surface area contributed by atoms with Gasteiger partial charge < -0.3 is 10.1 Å². The standard InChI is InChI=1S/C17H35NO/c1-14(2)11-16-7-5-8-17(12-16)18-9-6-10-19-13-15(3)4/h14-18H,5-13H2,1-4H3. The van der Waals surface area contributed by atoms with Crippen molar-refractivity contribution in [1.29, 1.82) is 0 Å². The SMILES string of the molecule is CC(C)COCCCNC1CCCC(CC(C)C)C1. The lowest BCUT2D eigenvalue weighted by atomic mass is 9.81. The summed E-state index contributed by atoms with van der Waals surface area (Å²) in [7, 11) is 0. The molecule has 0 heterocycles. The average molecular weight is 269 g/mol. The van der Waals surface area contributed by atoms with Gasteiger partial charge in [0.25, 0.3) is 0 Å². The van der Waals surface area contributed by atoms with E-state index in [1.807, 2.05) is 0 Å². The molecule has 0 saturated heterocycles. The van der Waals surface area contributed by atoms with E-state index in [1.165, 1.54) is 32.1 Å². The Labute approximate surface area is 120 Å². The summed E-state index contributed by atoms with van der Waals surface area (Å²) in [6.45, 7) is 12.0. The third kappa shape index (κ3) is 8.65. The number of hydrogen-bond acceptors (Lipinski definition) is 2. The van der Waals surface area contributed by atoms with Crippen LogP contribution in [0.1, 0.15) is 66.2 Å². The van der Waals surface area contributed by atoms with Crippen LogP contribution in [0.2, 0.25) is 0 Å². The van der Waals surface area contributed by atoms with Crippen LogP contribution in [-0.4, -0.2) is 25.8 Å². The van der Waals surface area contributed by atoms with Crippen molar-refractivity contribution in [2.24, 2.45) is 17.8 Å². The van der Waals surface area contributed by atoms with Crippen molar-refractivity contribution in [3.8, 4) is 0 Å². The molecule has 2 heteroatoms. The van der Waals surface area contributed by atoms with Gasteiger partial charge in [0.2, 0.25) is 0 Å². The molecule has 0 radical (unpaired) electrons. The molecule has 19 heavy (non-hydrogen) atoms. The summed E-state index contributed by atoms with van der Waals surface area (Å²) >= 11 is 0. The van der Waals surface area contributed by atoms with Gasteiger partial charge in [-0.15, -0.1) is 0 Å². The van der Waals surface area contributed by atoms with Crippen molar-refractivity contribution in [1.82, 2.24) is 5.32 Å². The molecule has 0 aromatic rings. The molecule has 0 aliphatic heterocycles. The lowest BCUT2D eigenvalue weighted by Gasteiger charge is -2.31. The fourth-order valence-corrected chi connectivity index (χ4v) is 3.16. The highest BCUT2D eigenvalue weighted by Crippen LogP contribution is 2.29. The zero-order chi connectivity index (χ0) is 14.1. The largest absolute Gasteiger partial charge is 0.381 e. The van der Waals surface area contributed by atoms with Gasteiger partial charge in [0.1, 0.15) is 0 Å². The molecule has 2 unspecified atom stereocenters. The van der Waals surface area contributed by atoms with E-state index in [0.29, 0.717) is 5.92 Å². The Morgan fingerprint density at radius 3 is 2.58 bits per heavy atom. The monoisotopic (exact) mass is 269 g/mol. The Balaban J connectivity index is 2.02. The molecule has 1 saturated carbocycles. The first kappa shape index (κ1) is 17.0. The van der Waals surface area contributed by atoms with E-state index in [4.69, 9.17) is 4.74 Å². The van der Waals surface area contributed by atoms with Gasteiger partial charge in [-0.3, -0.25) is 0 Å². The maximum absolute atomic E-state index is 5.62. The summed E-state index contributed by atoms with van der Waals surface area (Å²) in [4.78, 5) is 0. The zero-order valence-corrected chi connectivity index (χ0v) is 13.6. The quantitative estimate of drug-likeness (QED) is 0.632. The van der Waals surface area contributed by atoms with E-state index < -0.39 is 0 Å². The van der Waals surface area contributed by atoms with E-state index in [9.17, 15) is 0 Å². The maximum Gasteiger partial charge on any atom is 0.0489 e. The summed E-state index contributed by atoms with van der Waals surface area (Å²) in [5.41, 5.74) is 0. The van der Waals surface area contributed by atoms with E-state index in [1.54, 1.807) is 0 Å². The smallest absolute Gasteiger partial charge is 0.0489 e. The molecule has 1 fully saturated rings. The van der Waals surface area contributed by atoms with Crippen LogP contribution in [-0.2, 0) is 4.74 Å². The Hall–Kier alpha value is -0.0800. The minimum atomic E-state index is 0.656. The molecule has 0 spiro atoms. The Morgan fingerprint density at radius 1 is 1.11 bits per heavy atom. The predicted octanol–water partition coefficient (Wildman–Crippen LogP) is 4.24. The van der Waals surface area contributed by atoms with E-state index in [2.05, 4.69) is 33.0 Å². The van der Waals surface area contributed by atoms with E-state index in [0.717, 1.165) is 44.1 Å². The predicted molar refractivity (Wildman–Crippen MR) is 83.5 cm³/mol. The summed E-state index contributed by atoms with van der Waals surface area (Å²) in [5.74, 6) is 2.47. The van der Waals surface area contributed by atoms with Gasteiger partial charge in [-0.05, 0) is 50.0 Å². The van der Waals surface area contributed by atoms with Crippen molar-refractivity contribution >= 4 is 0 Å². The third-order valence-electron chi connectivity index (χ3n) is 3.94. The Kier molecular flexibility index (Phi) is 8.72. The van der Waals surface area contributed by atoms with Crippen LogP contribution in [0.15, 0.2) is 0 Å². The van der Waals surface area contributed by atoms with Crippen LogP contribution in [0.4, 0.5) is 0 Å². The number of hydrogen-bond donors (Lipinski definition) is 1. The second-order valence-corrected chi connectivity index (χ2v) is 7.14. The zero-order valence-electron chi connectivity index (χ0n) is 13.6. The highest BCUT2D eigenvalue weighted by Gasteiger charge is 2.21. The topological polar surface area (TPSA) is 21.3 Å². The van der Waals surface area contributed by atoms with Crippen LogP contribution in [0, 0.1) is 17.8 Å². The fraction of sp³-hybridized carbons (Fsp3) is 1.00. The molecule has 114 valence electrons. The molecule has 0 amide bonds. The van der Waals surface area contributed by atoms with Crippen LogP contribution in [0.25, 0.3) is 0 Å². The van der Waals surface area contributed by atoms with Crippen LogP contribution >= 0.6 is 0 Å². The first-order valence-electron chi connectivity index (χ1n) is 8.39. The second-order valence-electron chi connectivity index (χ2n) is 7.14. The molecule has 1 N–H and O–H groups in total. The van der Waals surface area contributed by atoms with Gasteiger partial charge in [-0.25, -0.2) is 0 Å². The average Bonchev–Trinajstić information content (AvgIpc) is 2.33. The van der Waals surface area contributed by atoms with Crippen LogP contribution < -0.4 is 5.32 Å². The molecule has 0 aromatic heterocycles. The minimum absolute atomic E-state index is 0.656. The number of rotatable bonds is 9. The molecule has 2 atom stereocenters. The van der Waals surface area contributed by atoms with Crippen molar-refractivity contribution < 1.29 is 4.74 Å². The Bertz CT molecular complexity index is 215. The van der Waals surface area contributed by atoms with E-state index in [-0.39, 0.29) is 0 Å². The van der Waals surface area contributed by atoms with Crippen molar-refractivity contribution in [3.05, 3.63) is 0 Å². The molecule has 2 nitrogen and oxygen atoms in total. The van der Waals surface area contributed by atoms with Gasteiger partial charge in [0.05, 0.1) is 0 Å². The van der Waals surface area contributed by atoms with Gasteiger partial charge in [-0.2, -0.15) is 0 Å². The number of nitrogens with one attached hydrogen (secondary N) is 1. The first-order chi connectivity index (χ1) is 9.08. The molecule has 1 rings (SSSR count). The van der Waals surface area contributed by atoms with Crippen LogP contribution in [0.5, 0.6) is 0 Å².